The highest BCUT2D eigenvalue weighted by Crippen LogP contribution is 2.27. The van der Waals surface area contributed by atoms with Crippen LogP contribution in [0.5, 0.6) is 5.75 Å². The highest BCUT2D eigenvalue weighted by molar-refractivity contribution is 6.32. The number of anilines is 1. The SMILES string of the molecule is COc1ccc(NC(=O)CN2C[C@H](C)C[C@H](C)C2)cc1Cl. The molecule has 1 aromatic carbocycles. The molecule has 0 aliphatic carbocycles. The number of nitrogens with one attached hydrogen (secondary N) is 1. The maximum atomic E-state index is 12.1. The monoisotopic (exact) mass is 310 g/mol. The number of benzene rings is 1. The molecule has 1 saturated heterocycles. The molecule has 1 aromatic rings. The zero-order chi connectivity index (χ0) is 15.4. The summed E-state index contributed by atoms with van der Waals surface area (Å²) in [5.74, 6) is 1.90. The van der Waals surface area contributed by atoms with Crippen LogP contribution in [0.2, 0.25) is 5.02 Å². The Bertz CT molecular complexity index is 497. The zero-order valence-corrected chi connectivity index (χ0v) is 13.6. The lowest BCUT2D eigenvalue weighted by molar-refractivity contribution is -0.117. The van der Waals surface area contributed by atoms with Crippen LogP contribution in [0, 0.1) is 11.8 Å². The lowest BCUT2D eigenvalue weighted by atomic mass is 9.92. The van der Waals surface area contributed by atoms with E-state index in [2.05, 4.69) is 24.1 Å². The van der Waals surface area contributed by atoms with Gasteiger partial charge in [-0.25, -0.2) is 0 Å². The van der Waals surface area contributed by atoms with Crippen LogP contribution < -0.4 is 10.1 Å². The van der Waals surface area contributed by atoms with E-state index in [1.807, 2.05) is 0 Å². The molecule has 0 spiro atoms. The maximum Gasteiger partial charge on any atom is 0.238 e. The maximum absolute atomic E-state index is 12.1. The fourth-order valence-corrected chi connectivity index (χ4v) is 3.33. The fourth-order valence-electron chi connectivity index (χ4n) is 3.07. The summed E-state index contributed by atoms with van der Waals surface area (Å²) in [6, 6.07) is 5.26. The molecule has 0 radical (unpaired) electrons. The quantitative estimate of drug-likeness (QED) is 0.928. The number of amides is 1. The minimum absolute atomic E-state index is 0.00228. The molecule has 1 aliphatic heterocycles. The second kappa shape index (κ2) is 7.14. The summed E-state index contributed by atoms with van der Waals surface area (Å²) in [6.07, 6.45) is 1.24. The van der Waals surface area contributed by atoms with Crippen LogP contribution in [0.1, 0.15) is 20.3 Å². The Morgan fingerprint density at radius 1 is 1.38 bits per heavy atom. The van der Waals surface area contributed by atoms with Crippen molar-refractivity contribution in [2.45, 2.75) is 20.3 Å². The number of carbonyl (C=O) groups excluding carboxylic acids is 1. The van der Waals surface area contributed by atoms with E-state index in [0.29, 0.717) is 34.8 Å². The number of rotatable bonds is 4. The van der Waals surface area contributed by atoms with Crippen molar-refractivity contribution in [3.8, 4) is 5.75 Å². The lowest BCUT2D eigenvalue weighted by Gasteiger charge is -2.34. The minimum atomic E-state index is -0.00228. The molecule has 1 N–H and O–H groups in total. The zero-order valence-electron chi connectivity index (χ0n) is 12.9. The first kappa shape index (κ1) is 16.1. The summed E-state index contributed by atoms with van der Waals surface area (Å²) in [5, 5.41) is 3.39. The summed E-state index contributed by atoms with van der Waals surface area (Å²) >= 11 is 6.06. The molecule has 5 heteroatoms. The molecule has 0 unspecified atom stereocenters. The summed E-state index contributed by atoms with van der Waals surface area (Å²) in [4.78, 5) is 14.4. The largest absolute Gasteiger partial charge is 0.495 e. The van der Waals surface area contributed by atoms with E-state index in [0.717, 1.165) is 13.1 Å². The summed E-state index contributed by atoms with van der Waals surface area (Å²) < 4.78 is 5.10. The van der Waals surface area contributed by atoms with Crippen molar-refractivity contribution in [3.63, 3.8) is 0 Å². The fraction of sp³-hybridized carbons (Fsp3) is 0.562. The second-order valence-corrected chi connectivity index (χ2v) is 6.44. The molecule has 1 fully saturated rings. The van der Waals surface area contributed by atoms with Crippen LogP contribution in [0.15, 0.2) is 18.2 Å². The molecule has 21 heavy (non-hydrogen) atoms. The van der Waals surface area contributed by atoms with E-state index < -0.39 is 0 Å². The summed E-state index contributed by atoms with van der Waals surface area (Å²) in [7, 11) is 1.57. The van der Waals surface area contributed by atoms with Crippen LogP contribution in [0.4, 0.5) is 5.69 Å². The number of carbonyl (C=O) groups is 1. The normalized spacial score (nSPS) is 22.9. The van der Waals surface area contributed by atoms with Gasteiger partial charge in [0.25, 0.3) is 0 Å². The van der Waals surface area contributed by atoms with Crippen molar-refractivity contribution in [2.24, 2.45) is 11.8 Å². The predicted octanol–water partition coefficient (Wildman–Crippen LogP) is 3.27. The Balaban J connectivity index is 1.91. The first-order valence-corrected chi connectivity index (χ1v) is 7.71. The van der Waals surface area contributed by atoms with Crippen molar-refractivity contribution < 1.29 is 9.53 Å². The molecule has 2 atom stereocenters. The number of halogens is 1. The molecule has 0 saturated carbocycles. The van der Waals surface area contributed by atoms with Gasteiger partial charge in [0.1, 0.15) is 5.75 Å². The van der Waals surface area contributed by atoms with Gasteiger partial charge in [-0.15, -0.1) is 0 Å². The Kier molecular flexibility index (Phi) is 5.48. The van der Waals surface area contributed by atoms with Gasteiger partial charge in [0.2, 0.25) is 5.91 Å². The summed E-state index contributed by atoms with van der Waals surface area (Å²) in [6.45, 7) is 6.88. The van der Waals surface area contributed by atoms with E-state index in [1.54, 1.807) is 25.3 Å². The topological polar surface area (TPSA) is 41.6 Å². The highest BCUT2D eigenvalue weighted by atomic mass is 35.5. The van der Waals surface area contributed by atoms with Gasteiger partial charge in [-0.2, -0.15) is 0 Å². The highest BCUT2D eigenvalue weighted by Gasteiger charge is 2.23. The minimum Gasteiger partial charge on any atom is -0.495 e. The van der Waals surface area contributed by atoms with Crippen LogP contribution in [0.3, 0.4) is 0 Å². The van der Waals surface area contributed by atoms with E-state index >= 15 is 0 Å². The van der Waals surface area contributed by atoms with Crippen molar-refractivity contribution >= 4 is 23.2 Å². The van der Waals surface area contributed by atoms with Gasteiger partial charge < -0.3 is 10.1 Å². The third-order valence-electron chi connectivity index (χ3n) is 3.75. The first-order valence-electron chi connectivity index (χ1n) is 7.33. The Morgan fingerprint density at radius 2 is 2.05 bits per heavy atom. The average molecular weight is 311 g/mol. The van der Waals surface area contributed by atoms with Crippen LogP contribution >= 0.6 is 11.6 Å². The molecule has 4 nitrogen and oxygen atoms in total. The number of methoxy groups -OCH3 is 1. The molecule has 1 aliphatic rings. The van der Waals surface area contributed by atoms with Gasteiger partial charge in [-0.05, 0) is 36.5 Å². The van der Waals surface area contributed by atoms with Gasteiger partial charge in [0.15, 0.2) is 0 Å². The molecule has 1 heterocycles. The van der Waals surface area contributed by atoms with Gasteiger partial charge in [0, 0.05) is 18.8 Å². The Labute approximate surface area is 131 Å². The van der Waals surface area contributed by atoms with E-state index in [9.17, 15) is 4.79 Å². The van der Waals surface area contributed by atoms with E-state index in [4.69, 9.17) is 16.3 Å². The van der Waals surface area contributed by atoms with E-state index in [1.165, 1.54) is 6.42 Å². The van der Waals surface area contributed by atoms with Crippen molar-refractivity contribution in [1.82, 2.24) is 4.90 Å². The van der Waals surface area contributed by atoms with Crippen LogP contribution in [0.25, 0.3) is 0 Å². The molecule has 0 bridgehead atoms. The number of likely N-dealkylation sites (tertiary alicyclic amines) is 1. The third kappa shape index (κ3) is 4.61. The van der Waals surface area contributed by atoms with E-state index in [-0.39, 0.29) is 5.91 Å². The lowest BCUT2D eigenvalue weighted by Crippen LogP contribution is -2.42. The molecule has 116 valence electrons. The Morgan fingerprint density at radius 3 is 2.62 bits per heavy atom. The predicted molar refractivity (Wildman–Crippen MR) is 86.0 cm³/mol. The molecule has 1 amide bonds. The number of piperidine rings is 1. The second-order valence-electron chi connectivity index (χ2n) is 6.04. The average Bonchev–Trinajstić information content (AvgIpc) is 2.37. The van der Waals surface area contributed by atoms with Gasteiger partial charge in [-0.1, -0.05) is 25.4 Å². The van der Waals surface area contributed by atoms with Gasteiger partial charge >= 0.3 is 0 Å². The number of hydrogen-bond donors (Lipinski definition) is 1. The van der Waals surface area contributed by atoms with Gasteiger partial charge in [0.05, 0.1) is 18.7 Å². The number of hydrogen-bond acceptors (Lipinski definition) is 3. The summed E-state index contributed by atoms with van der Waals surface area (Å²) in [5.41, 5.74) is 0.698. The van der Waals surface area contributed by atoms with Gasteiger partial charge in [-0.3, -0.25) is 9.69 Å². The molecular weight excluding hydrogens is 288 g/mol. The molecule has 2 rings (SSSR count). The number of nitrogens with zero attached hydrogens (tertiary/aromatic N) is 1. The van der Waals surface area contributed by atoms with Crippen molar-refractivity contribution in [3.05, 3.63) is 23.2 Å². The number of ether oxygens (including phenoxy) is 1. The van der Waals surface area contributed by atoms with Crippen LogP contribution in [-0.4, -0.2) is 37.6 Å². The standard InChI is InChI=1S/C16H23ClN2O2/c1-11-6-12(2)9-19(8-11)10-16(20)18-13-4-5-15(21-3)14(17)7-13/h4-5,7,11-12H,6,8-10H2,1-3H3,(H,18,20)/t11-,12+. The van der Waals surface area contributed by atoms with Crippen molar-refractivity contribution in [1.29, 1.82) is 0 Å². The smallest absolute Gasteiger partial charge is 0.238 e. The van der Waals surface area contributed by atoms with Crippen molar-refractivity contribution in [2.75, 3.05) is 32.1 Å². The van der Waals surface area contributed by atoms with Crippen LogP contribution in [-0.2, 0) is 4.79 Å². The Hall–Kier alpha value is -1.26. The third-order valence-corrected chi connectivity index (χ3v) is 4.04. The first-order chi connectivity index (χ1) is 9.97. The molecule has 0 aromatic heterocycles. The molecular formula is C16H23ClN2O2.